The lowest BCUT2D eigenvalue weighted by atomic mass is 9.87. The molecule has 10 heteroatoms. The van der Waals surface area contributed by atoms with Gasteiger partial charge in [0.05, 0.1) is 37.5 Å². The van der Waals surface area contributed by atoms with E-state index in [1.165, 1.54) is 0 Å². The molecule has 3 aromatic rings. The molecule has 0 aliphatic carbocycles. The Hall–Kier alpha value is -2.68. The topological polar surface area (TPSA) is 101 Å². The first-order chi connectivity index (χ1) is 13.7. The summed E-state index contributed by atoms with van der Waals surface area (Å²) >= 11 is 2.08. The fourth-order valence-corrected chi connectivity index (χ4v) is 3.88. The molecule has 29 heavy (non-hydrogen) atoms. The van der Waals surface area contributed by atoms with Crippen LogP contribution in [0.5, 0.6) is 0 Å². The molecule has 1 aliphatic heterocycles. The zero-order valence-electron chi connectivity index (χ0n) is 16.3. The lowest BCUT2D eigenvalue weighted by Crippen LogP contribution is -2.64. The number of hydrogen-bond donors (Lipinski definition) is 0. The van der Waals surface area contributed by atoms with Gasteiger partial charge in [0, 0.05) is 34.4 Å². The maximum absolute atomic E-state index is 12.3. The monoisotopic (exact) mass is 505 g/mol. The second-order valence-electron chi connectivity index (χ2n) is 8.13. The van der Waals surface area contributed by atoms with Crippen LogP contribution < -0.4 is 0 Å². The highest BCUT2D eigenvalue weighted by Crippen LogP contribution is 2.34. The predicted octanol–water partition coefficient (Wildman–Crippen LogP) is 3.06. The quantitative estimate of drug-likeness (QED) is 0.508. The number of rotatable bonds is 3. The first-order valence-electron chi connectivity index (χ1n) is 9.12. The van der Waals surface area contributed by atoms with E-state index in [2.05, 4.69) is 43.8 Å². The Morgan fingerprint density at radius 1 is 1.38 bits per heavy atom. The number of nitriles is 1. The largest absolute Gasteiger partial charge is 0.444 e. The van der Waals surface area contributed by atoms with Crippen LogP contribution in [0.2, 0.25) is 0 Å². The van der Waals surface area contributed by atoms with Crippen LogP contribution in [0.1, 0.15) is 27.2 Å². The van der Waals surface area contributed by atoms with Crippen molar-refractivity contribution in [2.45, 2.75) is 38.3 Å². The average molecular weight is 505 g/mol. The number of fused-ring (bicyclic) bond motifs is 1. The van der Waals surface area contributed by atoms with Crippen molar-refractivity contribution in [2.24, 2.45) is 0 Å². The van der Waals surface area contributed by atoms with Gasteiger partial charge in [-0.25, -0.2) is 14.3 Å². The minimum Gasteiger partial charge on any atom is -0.444 e. The lowest BCUT2D eigenvalue weighted by Gasteiger charge is -2.48. The summed E-state index contributed by atoms with van der Waals surface area (Å²) in [7, 11) is 0. The van der Waals surface area contributed by atoms with Gasteiger partial charge in [-0.15, -0.1) is 5.10 Å². The number of amides is 1. The minimum atomic E-state index is -0.561. The molecule has 3 aromatic heterocycles. The van der Waals surface area contributed by atoms with Crippen LogP contribution in [0.25, 0.3) is 16.9 Å². The predicted molar refractivity (Wildman–Crippen MR) is 113 cm³/mol. The number of pyridine rings is 1. The fraction of sp³-hybridized carbons (Fsp3) is 0.421. The summed E-state index contributed by atoms with van der Waals surface area (Å²) in [6.07, 6.45) is 3.52. The van der Waals surface area contributed by atoms with E-state index in [0.717, 1.165) is 16.9 Å². The lowest BCUT2D eigenvalue weighted by molar-refractivity contribution is -0.0314. The number of aromatic nitrogens is 5. The van der Waals surface area contributed by atoms with E-state index in [9.17, 15) is 10.1 Å². The van der Waals surface area contributed by atoms with Crippen molar-refractivity contribution in [1.82, 2.24) is 29.3 Å². The molecule has 0 atom stereocenters. The van der Waals surface area contributed by atoms with Gasteiger partial charge in [0.25, 0.3) is 0 Å². The van der Waals surface area contributed by atoms with Gasteiger partial charge in [-0.3, -0.25) is 4.68 Å². The summed E-state index contributed by atoms with van der Waals surface area (Å²) in [5.74, 6) is 0. The Morgan fingerprint density at radius 3 is 2.83 bits per heavy atom. The number of nitrogens with zero attached hydrogens (tertiary/aromatic N) is 7. The van der Waals surface area contributed by atoms with Gasteiger partial charge in [-0.1, -0.05) is 6.07 Å². The molecule has 0 N–H and O–H groups in total. The van der Waals surface area contributed by atoms with E-state index >= 15 is 0 Å². The van der Waals surface area contributed by atoms with Crippen molar-refractivity contribution in [3.05, 3.63) is 34.4 Å². The van der Waals surface area contributed by atoms with Crippen LogP contribution >= 0.6 is 22.6 Å². The van der Waals surface area contributed by atoms with Crippen LogP contribution in [0.15, 0.2) is 30.6 Å². The summed E-state index contributed by atoms with van der Waals surface area (Å²) < 4.78 is 9.65. The van der Waals surface area contributed by atoms with Crippen molar-refractivity contribution in [2.75, 3.05) is 13.1 Å². The normalized spacial score (nSPS) is 15.8. The molecule has 4 heterocycles. The highest BCUT2D eigenvalue weighted by atomic mass is 127. The molecule has 0 aromatic carbocycles. The number of carbonyl (C=O) groups is 1. The molecule has 0 saturated carbocycles. The SMILES string of the molecule is CC(C)(C)OC(=O)N1CC(CC#N)(n2cc(-c3cccc4nc(I)nn34)cn2)C1. The smallest absolute Gasteiger partial charge is 0.410 e. The molecule has 0 bridgehead atoms. The number of likely N-dealkylation sites (tertiary alicyclic amines) is 1. The highest BCUT2D eigenvalue weighted by Gasteiger charge is 2.48. The van der Waals surface area contributed by atoms with E-state index in [4.69, 9.17) is 4.74 Å². The second-order valence-corrected chi connectivity index (χ2v) is 9.10. The number of carbonyl (C=O) groups excluding carboxylic acids is 1. The molecule has 1 aliphatic rings. The first-order valence-corrected chi connectivity index (χ1v) is 10.2. The van der Waals surface area contributed by atoms with Gasteiger partial charge < -0.3 is 9.64 Å². The van der Waals surface area contributed by atoms with E-state index in [1.54, 1.807) is 20.3 Å². The fourth-order valence-electron chi connectivity index (χ4n) is 3.42. The summed E-state index contributed by atoms with van der Waals surface area (Å²) in [6, 6.07) is 7.99. The van der Waals surface area contributed by atoms with Gasteiger partial charge in [-0.05, 0) is 32.9 Å². The van der Waals surface area contributed by atoms with Crippen molar-refractivity contribution >= 4 is 34.3 Å². The third-order valence-corrected chi connectivity index (χ3v) is 5.19. The van der Waals surface area contributed by atoms with Crippen LogP contribution in [0, 0.1) is 15.2 Å². The van der Waals surface area contributed by atoms with Gasteiger partial charge in [0.2, 0.25) is 3.83 Å². The molecule has 150 valence electrons. The zero-order chi connectivity index (χ0) is 20.8. The summed E-state index contributed by atoms with van der Waals surface area (Å²) in [4.78, 5) is 18.3. The Morgan fingerprint density at radius 2 is 2.14 bits per heavy atom. The van der Waals surface area contributed by atoms with E-state index in [0.29, 0.717) is 16.9 Å². The summed E-state index contributed by atoms with van der Waals surface area (Å²) in [5.41, 5.74) is 1.36. The molecular weight excluding hydrogens is 485 g/mol. The van der Waals surface area contributed by atoms with Crippen molar-refractivity contribution < 1.29 is 9.53 Å². The van der Waals surface area contributed by atoms with Gasteiger partial charge in [0.15, 0.2) is 5.65 Å². The first kappa shape index (κ1) is 19.6. The molecule has 0 radical (unpaired) electrons. The van der Waals surface area contributed by atoms with Gasteiger partial charge >= 0.3 is 6.09 Å². The average Bonchev–Trinajstić information content (AvgIpc) is 3.21. The molecule has 1 saturated heterocycles. The Labute approximate surface area is 181 Å². The third-order valence-electron chi connectivity index (χ3n) is 4.73. The number of hydrogen-bond acceptors (Lipinski definition) is 6. The minimum absolute atomic E-state index is 0.249. The maximum Gasteiger partial charge on any atom is 0.410 e. The molecule has 0 unspecified atom stereocenters. The summed E-state index contributed by atoms with van der Waals surface area (Å²) in [6.45, 7) is 6.25. The standard InChI is InChI=1S/C19H20IN7O2/c1-18(2,3)29-17(28)25-11-19(12-25,7-8-21)26-10-13(9-22-26)14-5-4-6-15-23-16(20)24-27(14)15/h4-6,9-10H,7,11-12H2,1-3H3. The molecule has 9 nitrogen and oxygen atoms in total. The number of halogens is 1. The third kappa shape index (κ3) is 3.66. The van der Waals surface area contributed by atoms with Gasteiger partial charge in [-0.2, -0.15) is 10.4 Å². The van der Waals surface area contributed by atoms with Gasteiger partial charge in [0.1, 0.15) is 11.1 Å². The van der Waals surface area contributed by atoms with Crippen LogP contribution in [-0.2, 0) is 10.3 Å². The van der Waals surface area contributed by atoms with E-state index in [-0.39, 0.29) is 12.5 Å². The Kier molecular flexibility index (Phi) is 4.72. The molecule has 0 spiro atoms. The van der Waals surface area contributed by atoms with E-state index < -0.39 is 11.1 Å². The summed E-state index contributed by atoms with van der Waals surface area (Å²) in [5, 5.41) is 18.3. The van der Waals surface area contributed by atoms with Crippen LogP contribution in [0.4, 0.5) is 4.79 Å². The molecule has 1 amide bonds. The van der Waals surface area contributed by atoms with Crippen molar-refractivity contribution in [3.63, 3.8) is 0 Å². The molecule has 1 fully saturated rings. The van der Waals surface area contributed by atoms with E-state index in [1.807, 2.05) is 45.2 Å². The Balaban J connectivity index is 1.60. The Bertz CT molecular complexity index is 1120. The molecule has 4 rings (SSSR count). The highest BCUT2D eigenvalue weighted by molar-refractivity contribution is 14.1. The van der Waals surface area contributed by atoms with Crippen molar-refractivity contribution in [3.8, 4) is 17.3 Å². The van der Waals surface area contributed by atoms with Crippen LogP contribution in [0.3, 0.4) is 0 Å². The number of ether oxygens (including phenoxy) is 1. The second kappa shape index (κ2) is 6.98. The zero-order valence-corrected chi connectivity index (χ0v) is 18.5. The van der Waals surface area contributed by atoms with Crippen LogP contribution in [-0.4, -0.2) is 54.1 Å². The maximum atomic E-state index is 12.3. The van der Waals surface area contributed by atoms with Crippen molar-refractivity contribution in [1.29, 1.82) is 5.26 Å². The molecular formula is C19H20IN7O2.